The molecule has 29 heavy (non-hydrogen) atoms. The van der Waals surface area contributed by atoms with Gasteiger partial charge in [0.1, 0.15) is 6.04 Å². The standard InChI is InChI=1S/C23H22N2O4/c26-21(15-13-18-8-3-1-4-9-18)25(24-17-7-12-20(24)23(28)29)22(27)16-14-19-10-5-2-6-11-19/h1-6,8-11,13-16,20H,7,12,17H2,(H,28,29)/t20-/m0/s1. The average Bonchev–Trinajstić information content (AvgIpc) is 3.22. The number of amides is 2. The zero-order valence-electron chi connectivity index (χ0n) is 15.8. The molecule has 1 heterocycles. The third kappa shape index (κ3) is 5.27. The number of carbonyl (C=O) groups excluding carboxylic acids is 2. The molecule has 0 saturated carbocycles. The molecule has 6 nitrogen and oxygen atoms in total. The van der Waals surface area contributed by atoms with E-state index in [0.717, 1.165) is 16.1 Å². The van der Waals surface area contributed by atoms with Crippen LogP contribution >= 0.6 is 0 Å². The smallest absolute Gasteiger partial charge is 0.322 e. The maximum absolute atomic E-state index is 12.9. The maximum Gasteiger partial charge on any atom is 0.322 e. The monoisotopic (exact) mass is 390 g/mol. The summed E-state index contributed by atoms with van der Waals surface area (Å²) in [6.07, 6.45) is 6.78. The average molecular weight is 390 g/mol. The van der Waals surface area contributed by atoms with Gasteiger partial charge in [-0.15, -0.1) is 0 Å². The molecular formula is C23H22N2O4. The highest BCUT2D eigenvalue weighted by Gasteiger charge is 2.38. The summed E-state index contributed by atoms with van der Waals surface area (Å²) < 4.78 is 0. The molecule has 0 spiro atoms. The van der Waals surface area contributed by atoms with Crippen molar-refractivity contribution in [1.82, 2.24) is 10.0 Å². The molecule has 1 aliphatic rings. The lowest BCUT2D eigenvalue weighted by atomic mass is 10.2. The highest BCUT2D eigenvalue weighted by atomic mass is 16.4. The fourth-order valence-corrected chi connectivity index (χ4v) is 3.21. The lowest BCUT2D eigenvalue weighted by molar-refractivity contribution is -0.164. The predicted octanol–water partition coefficient (Wildman–Crippen LogP) is 3.23. The van der Waals surface area contributed by atoms with Crippen LogP contribution in [0.2, 0.25) is 0 Å². The Labute approximate surface area is 169 Å². The molecule has 1 atom stereocenters. The summed E-state index contributed by atoms with van der Waals surface area (Å²) in [6.45, 7) is 0.326. The molecule has 2 amide bonds. The van der Waals surface area contributed by atoms with Crippen LogP contribution in [0.1, 0.15) is 24.0 Å². The molecule has 0 aromatic heterocycles. The number of carbonyl (C=O) groups is 3. The van der Waals surface area contributed by atoms with Crippen LogP contribution in [-0.4, -0.2) is 45.5 Å². The van der Waals surface area contributed by atoms with E-state index in [-0.39, 0.29) is 0 Å². The highest BCUT2D eigenvalue weighted by Crippen LogP contribution is 2.21. The van der Waals surface area contributed by atoms with Crippen molar-refractivity contribution >= 4 is 29.9 Å². The van der Waals surface area contributed by atoms with Crippen molar-refractivity contribution in [3.63, 3.8) is 0 Å². The number of benzene rings is 2. The highest BCUT2D eigenvalue weighted by molar-refractivity contribution is 6.07. The first-order valence-electron chi connectivity index (χ1n) is 9.40. The summed E-state index contributed by atoms with van der Waals surface area (Å²) in [4.78, 5) is 37.3. The van der Waals surface area contributed by atoms with Crippen LogP contribution in [0.4, 0.5) is 0 Å². The van der Waals surface area contributed by atoms with E-state index in [1.165, 1.54) is 17.2 Å². The number of carboxylic acids is 1. The van der Waals surface area contributed by atoms with E-state index in [0.29, 0.717) is 19.4 Å². The summed E-state index contributed by atoms with van der Waals surface area (Å²) in [6, 6.07) is 17.5. The first kappa shape index (κ1) is 20.2. The molecule has 1 fully saturated rings. The molecule has 1 aliphatic heterocycles. The Balaban J connectivity index is 1.85. The van der Waals surface area contributed by atoms with Gasteiger partial charge < -0.3 is 5.11 Å². The van der Waals surface area contributed by atoms with Crippen LogP contribution in [0.15, 0.2) is 72.8 Å². The second-order valence-electron chi connectivity index (χ2n) is 6.64. The quantitative estimate of drug-likeness (QED) is 0.766. The first-order chi connectivity index (χ1) is 14.1. The summed E-state index contributed by atoms with van der Waals surface area (Å²) in [5.74, 6) is -2.21. The van der Waals surface area contributed by atoms with E-state index in [4.69, 9.17) is 0 Å². The van der Waals surface area contributed by atoms with Gasteiger partial charge in [0.25, 0.3) is 11.8 Å². The van der Waals surface area contributed by atoms with E-state index in [9.17, 15) is 19.5 Å². The third-order valence-electron chi connectivity index (χ3n) is 4.62. The Morgan fingerprint density at radius 3 is 1.79 bits per heavy atom. The van der Waals surface area contributed by atoms with E-state index in [1.807, 2.05) is 60.7 Å². The molecule has 1 saturated heterocycles. The number of imide groups is 1. The van der Waals surface area contributed by atoms with Crippen LogP contribution in [0.25, 0.3) is 12.2 Å². The molecule has 6 heteroatoms. The first-order valence-corrected chi connectivity index (χ1v) is 9.40. The van der Waals surface area contributed by atoms with Crippen molar-refractivity contribution in [3.05, 3.63) is 83.9 Å². The van der Waals surface area contributed by atoms with Gasteiger partial charge in [-0.05, 0) is 36.1 Å². The zero-order valence-corrected chi connectivity index (χ0v) is 15.8. The number of nitrogens with zero attached hydrogens (tertiary/aromatic N) is 2. The van der Waals surface area contributed by atoms with Gasteiger partial charge in [0.2, 0.25) is 0 Å². The second kappa shape index (κ2) is 9.61. The van der Waals surface area contributed by atoms with Gasteiger partial charge in [-0.3, -0.25) is 14.4 Å². The summed E-state index contributed by atoms with van der Waals surface area (Å²) >= 11 is 0. The molecule has 148 valence electrons. The molecule has 0 radical (unpaired) electrons. The minimum Gasteiger partial charge on any atom is -0.480 e. The second-order valence-corrected chi connectivity index (χ2v) is 6.64. The third-order valence-corrected chi connectivity index (χ3v) is 4.62. The fourth-order valence-electron chi connectivity index (χ4n) is 3.21. The molecule has 2 aromatic carbocycles. The maximum atomic E-state index is 12.9. The number of hydrogen-bond donors (Lipinski definition) is 1. The summed E-state index contributed by atoms with van der Waals surface area (Å²) in [5.41, 5.74) is 1.62. The van der Waals surface area contributed by atoms with Crippen LogP contribution < -0.4 is 0 Å². The lowest BCUT2D eigenvalue weighted by Gasteiger charge is -2.31. The van der Waals surface area contributed by atoms with Gasteiger partial charge >= 0.3 is 5.97 Å². The zero-order chi connectivity index (χ0) is 20.6. The van der Waals surface area contributed by atoms with Crippen LogP contribution in [0, 0.1) is 0 Å². The molecule has 0 unspecified atom stereocenters. The van der Waals surface area contributed by atoms with Crippen molar-refractivity contribution in [2.24, 2.45) is 0 Å². The Kier molecular flexibility index (Phi) is 6.71. The molecule has 0 aliphatic carbocycles. The Morgan fingerprint density at radius 2 is 1.34 bits per heavy atom. The topological polar surface area (TPSA) is 77.9 Å². The van der Waals surface area contributed by atoms with Gasteiger partial charge in [0.15, 0.2) is 0 Å². The normalized spacial score (nSPS) is 17.0. The minimum atomic E-state index is -1.05. The number of rotatable bonds is 6. The van der Waals surface area contributed by atoms with Gasteiger partial charge in [0.05, 0.1) is 0 Å². The molecule has 0 bridgehead atoms. The number of hydrogen-bond acceptors (Lipinski definition) is 4. The largest absolute Gasteiger partial charge is 0.480 e. The summed E-state index contributed by atoms with van der Waals surface area (Å²) in [5, 5.41) is 11.8. The van der Waals surface area contributed by atoms with Crippen LogP contribution in [0.3, 0.4) is 0 Å². The predicted molar refractivity (Wildman–Crippen MR) is 110 cm³/mol. The van der Waals surface area contributed by atoms with Crippen molar-refractivity contribution in [3.8, 4) is 0 Å². The van der Waals surface area contributed by atoms with E-state index in [2.05, 4.69) is 0 Å². The SMILES string of the molecule is O=C(O)[C@@H]1CCCN1N(C(=O)C=Cc1ccccc1)C(=O)C=Cc1ccccc1. The molecule has 3 rings (SSSR count). The number of carboxylic acid groups (broad SMARTS) is 1. The van der Waals surface area contributed by atoms with Gasteiger partial charge in [-0.25, -0.2) is 5.01 Å². The summed E-state index contributed by atoms with van der Waals surface area (Å²) in [7, 11) is 0. The van der Waals surface area contributed by atoms with E-state index in [1.54, 1.807) is 12.2 Å². The number of hydrazine groups is 1. The van der Waals surface area contributed by atoms with Gasteiger partial charge in [-0.2, -0.15) is 5.01 Å². The van der Waals surface area contributed by atoms with Gasteiger partial charge in [0, 0.05) is 18.7 Å². The molecule has 1 N–H and O–H groups in total. The van der Waals surface area contributed by atoms with Crippen molar-refractivity contribution in [2.75, 3.05) is 6.54 Å². The Hall–Kier alpha value is -3.51. The lowest BCUT2D eigenvalue weighted by Crippen LogP contribution is -2.53. The van der Waals surface area contributed by atoms with E-state index >= 15 is 0 Å². The van der Waals surface area contributed by atoms with Crippen LogP contribution in [0.5, 0.6) is 0 Å². The molecular weight excluding hydrogens is 368 g/mol. The Bertz CT molecular complexity index is 861. The van der Waals surface area contributed by atoms with Gasteiger partial charge in [-0.1, -0.05) is 60.7 Å². The van der Waals surface area contributed by atoms with Crippen molar-refractivity contribution < 1.29 is 19.5 Å². The Morgan fingerprint density at radius 1 is 0.862 bits per heavy atom. The van der Waals surface area contributed by atoms with E-state index < -0.39 is 23.8 Å². The fraction of sp³-hybridized carbons (Fsp3) is 0.174. The van der Waals surface area contributed by atoms with Crippen LogP contribution in [-0.2, 0) is 14.4 Å². The molecule has 2 aromatic rings. The minimum absolute atomic E-state index is 0.326. The van der Waals surface area contributed by atoms with Crippen molar-refractivity contribution in [2.45, 2.75) is 18.9 Å². The number of aliphatic carboxylic acids is 1. The van der Waals surface area contributed by atoms with Crippen molar-refractivity contribution in [1.29, 1.82) is 0 Å².